The number of fused-ring (bicyclic) bond motifs is 1. The molecule has 156 valence electrons. The summed E-state index contributed by atoms with van der Waals surface area (Å²) in [6.07, 6.45) is 1.30. The molecule has 1 saturated heterocycles. The van der Waals surface area contributed by atoms with Crippen LogP contribution < -0.4 is 15.4 Å². The lowest BCUT2D eigenvalue weighted by atomic mass is 10.2. The topological polar surface area (TPSA) is 94.5 Å². The molecule has 4 rings (SSSR count). The van der Waals surface area contributed by atoms with Gasteiger partial charge in [0.05, 0.1) is 30.3 Å². The number of imidazole rings is 1. The molecule has 0 aliphatic carbocycles. The molecule has 8 nitrogen and oxygen atoms in total. The Kier molecular flexibility index (Phi) is 5.67. The lowest BCUT2D eigenvalue weighted by molar-refractivity contribution is -0.130. The van der Waals surface area contributed by atoms with E-state index in [0.717, 1.165) is 29.7 Å². The van der Waals surface area contributed by atoms with Gasteiger partial charge in [0.2, 0.25) is 5.91 Å². The minimum Gasteiger partial charge on any atom is -0.496 e. The largest absolute Gasteiger partial charge is 0.496 e. The summed E-state index contributed by atoms with van der Waals surface area (Å²) in [6, 6.07) is 12.6. The molecule has 0 unspecified atom stereocenters. The van der Waals surface area contributed by atoms with Crippen molar-refractivity contribution in [3.63, 3.8) is 0 Å². The second kappa shape index (κ2) is 8.54. The predicted octanol–water partition coefficient (Wildman–Crippen LogP) is 2.63. The molecule has 1 fully saturated rings. The van der Waals surface area contributed by atoms with E-state index in [2.05, 4.69) is 15.6 Å². The molecular weight excluding hydrogens is 384 g/mol. The number of aromatic nitrogens is 2. The molecule has 3 aromatic rings. The van der Waals surface area contributed by atoms with E-state index in [9.17, 15) is 9.59 Å². The Balaban J connectivity index is 1.49. The van der Waals surface area contributed by atoms with E-state index >= 15 is 0 Å². The van der Waals surface area contributed by atoms with Gasteiger partial charge in [0.25, 0.3) is 5.91 Å². The maximum atomic E-state index is 12.6. The van der Waals surface area contributed by atoms with Crippen molar-refractivity contribution in [2.24, 2.45) is 7.05 Å². The SMILES string of the molecule is COc1ccccc1C(=O)Nc1ccc2c(c1)nc(CNC(=O)[C@@H]1CCCO1)n2C. The third-order valence-corrected chi connectivity index (χ3v) is 5.23. The lowest BCUT2D eigenvalue weighted by Crippen LogP contribution is -2.34. The Hall–Kier alpha value is -3.39. The summed E-state index contributed by atoms with van der Waals surface area (Å²) >= 11 is 0. The lowest BCUT2D eigenvalue weighted by Gasteiger charge is -2.10. The first kappa shape index (κ1) is 19.9. The number of nitrogens with one attached hydrogen (secondary N) is 2. The Bertz CT molecular complexity index is 1090. The summed E-state index contributed by atoms with van der Waals surface area (Å²) in [5.41, 5.74) is 2.73. The minimum absolute atomic E-state index is 0.107. The van der Waals surface area contributed by atoms with Crippen LogP contribution in [0.4, 0.5) is 5.69 Å². The average Bonchev–Trinajstić information content (AvgIpc) is 3.40. The summed E-state index contributed by atoms with van der Waals surface area (Å²) in [7, 11) is 3.43. The molecule has 1 atom stereocenters. The molecule has 30 heavy (non-hydrogen) atoms. The van der Waals surface area contributed by atoms with Gasteiger partial charge in [0.1, 0.15) is 17.7 Å². The standard InChI is InChI=1S/C22H24N4O4/c1-26-17-10-9-14(24-21(27)15-6-3-4-7-18(15)29-2)12-16(17)25-20(26)13-23-22(28)19-8-5-11-30-19/h3-4,6-7,9-10,12,19H,5,8,11,13H2,1-2H3,(H,23,28)(H,24,27)/t19-/m0/s1. The molecule has 1 aromatic heterocycles. The summed E-state index contributed by atoms with van der Waals surface area (Å²) in [5.74, 6) is 0.874. The van der Waals surface area contributed by atoms with Crippen LogP contribution in [0.5, 0.6) is 5.75 Å². The van der Waals surface area contributed by atoms with Gasteiger partial charge in [-0.1, -0.05) is 12.1 Å². The Morgan fingerprint density at radius 2 is 2.10 bits per heavy atom. The second-order valence-corrected chi connectivity index (χ2v) is 7.16. The molecule has 2 amide bonds. The highest BCUT2D eigenvalue weighted by molar-refractivity contribution is 6.06. The van der Waals surface area contributed by atoms with E-state index in [4.69, 9.17) is 9.47 Å². The van der Waals surface area contributed by atoms with Crippen LogP contribution in [0.2, 0.25) is 0 Å². The number of benzene rings is 2. The van der Waals surface area contributed by atoms with Crippen molar-refractivity contribution in [3.05, 3.63) is 53.9 Å². The maximum Gasteiger partial charge on any atom is 0.259 e. The van der Waals surface area contributed by atoms with Crippen molar-refractivity contribution in [2.45, 2.75) is 25.5 Å². The fourth-order valence-corrected chi connectivity index (χ4v) is 3.58. The fourth-order valence-electron chi connectivity index (χ4n) is 3.58. The smallest absolute Gasteiger partial charge is 0.259 e. The number of methoxy groups -OCH3 is 1. The molecule has 1 aliphatic rings. The zero-order valence-electron chi connectivity index (χ0n) is 17.0. The summed E-state index contributed by atoms with van der Waals surface area (Å²) < 4.78 is 12.6. The van der Waals surface area contributed by atoms with Gasteiger partial charge in [0.15, 0.2) is 0 Å². The van der Waals surface area contributed by atoms with Crippen molar-refractivity contribution >= 4 is 28.5 Å². The van der Waals surface area contributed by atoms with Crippen molar-refractivity contribution in [2.75, 3.05) is 19.0 Å². The van der Waals surface area contributed by atoms with Crippen LogP contribution in [0.1, 0.15) is 29.0 Å². The van der Waals surface area contributed by atoms with Gasteiger partial charge in [-0.25, -0.2) is 4.98 Å². The third-order valence-electron chi connectivity index (χ3n) is 5.23. The highest BCUT2D eigenvalue weighted by Crippen LogP contribution is 2.23. The second-order valence-electron chi connectivity index (χ2n) is 7.16. The number of anilines is 1. The summed E-state index contributed by atoms with van der Waals surface area (Å²) in [4.78, 5) is 29.4. The first-order valence-electron chi connectivity index (χ1n) is 9.86. The van der Waals surface area contributed by atoms with E-state index in [1.54, 1.807) is 18.2 Å². The average molecular weight is 408 g/mol. The molecule has 0 spiro atoms. The molecule has 2 aromatic carbocycles. The van der Waals surface area contributed by atoms with Crippen LogP contribution in [-0.2, 0) is 23.1 Å². The molecule has 0 saturated carbocycles. The molecule has 2 heterocycles. The number of carbonyl (C=O) groups is 2. The predicted molar refractivity (Wildman–Crippen MR) is 112 cm³/mol. The van der Waals surface area contributed by atoms with Crippen molar-refractivity contribution < 1.29 is 19.1 Å². The Morgan fingerprint density at radius 1 is 1.27 bits per heavy atom. The first-order chi connectivity index (χ1) is 14.6. The van der Waals surface area contributed by atoms with Gasteiger partial charge >= 0.3 is 0 Å². The van der Waals surface area contributed by atoms with Crippen molar-refractivity contribution in [1.82, 2.24) is 14.9 Å². The zero-order valence-corrected chi connectivity index (χ0v) is 17.0. The minimum atomic E-state index is -0.364. The number of aryl methyl sites for hydroxylation is 1. The molecule has 0 bridgehead atoms. The monoisotopic (exact) mass is 408 g/mol. The number of para-hydroxylation sites is 1. The van der Waals surface area contributed by atoms with Gasteiger partial charge < -0.3 is 24.7 Å². The summed E-state index contributed by atoms with van der Waals surface area (Å²) in [5, 5.41) is 5.78. The number of rotatable bonds is 6. The molecular formula is C22H24N4O4. The van der Waals surface area contributed by atoms with Gasteiger partial charge in [-0.3, -0.25) is 9.59 Å². The van der Waals surface area contributed by atoms with Gasteiger partial charge in [-0.2, -0.15) is 0 Å². The van der Waals surface area contributed by atoms with E-state index < -0.39 is 0 Å². The number of hydrogen-bond acceptors (Lipinski definition) is 5. The number of carbonyl (C=O) groups excluding carboxylic acids is 2. The van der Waals surface area contributed by atoms with Crippen molar-refractivity contribution in [1.29, 1.82) is 0 Å². The van der Waals surface area contributed by atoms with E-state index in [0.29, 0.717) is 30.2 Å². The van der Waals surface area contributed by atoms with Gasteiger partial charge in [-0.15, -0.1) is 0 Å². The van der Waals surface area contributed by atoms with Crippen LogP contribution in [0.25, 0.3) is 11.0 Å². The van der Waals surface area contributed by atoms with Gasteiger partial charge in [-0.05, 0) is 43.2 Å². The quantitative estimate of drug-likeness (QED) is 0.654. The Labute approximate surface area is 174 Å². The molecule has 8 heteroatoms. The van der Waals surface area contributed by atoms with Crippen LogP contribution in [0, 0.1) is 0 Å². The zero-order chi connectivity index (χ0) is 21.1. The van der Waals surface area contributed by atoms with Crippen LogP contribution >= 0.6 is 0 Å². The first-order valence-corrected chi connectivity index (χ1v) is 9.86. The molecule has 2 N–H and O–H groups in total. The number of nitrogens with zero attached hydrogens (tertiary/aromatic N) is 2. The van der Waals surface area contributed by atoms with Crippen molar-refractivity contribution in [3.8, 4) is 5.75 Å². The Morgan fingerprint density at radius 3 is 2.87 bits per heavy atom. The van der Waals surface area contributed by atoms with E-state index in [1.807, 2.05) is 35.9 Å². The highest BCUT2D eigenvalue weighted by atomic mass is 16.5. The summed E-state index contributed by atoms with van der Waals surface area (Å²) in [6.45, 7) is 0.945. The van der Waals surface area contributed by atoms with Crippen LogP contribution in [0.3, 0.4) is 0 Å². The van der Waals surface area contributed by atoms with Crippen LogP contribution in [0.15, 0.2) is 42.5 Å². The fraction of sp³-hybridized carbons (Fsp3) is 0.318. The third kappa shape index (κ3) is 3.99. The molecule has 1 aliphatic heterocycles. The van der Waals surface area contributed by atoms with E-state index in [1.165, 1.54) is 7.11 Å². The maximum absolute atomic E-state index is 12.6. The van der Waals surface area contributed by atoms with Crippen LogP contribution in [-0.4, -0.2) is 41.2 Å². The van der Waals surface area contributed by atoms with Gasteiger partial charge in [0, 0.05) is 19.3 Å². The normalized spacial score (nSPS) is 15.9. The highest BCUT2D eigenvalue weighted by Gasteiger charge is 2.23. The number of hydrogen-bond donors (Lipinski definition) is 2. The van der Waals surface area contributed by atoms with E-state index in [-0.39, 0.29) is 17.9 Å². The molecule has 0 radical (unpaired) electrons. The number of ether oxygens (including phenoxy) is 2. The number of amides is 2.